The molecule has 1 aliphatic rings. The first-order valence-corrected chi connectivity index (χ1v) is 8.01. The highest BCUT2D eigenvalue weighted by Gasteiger charge is 2.14. The Morgan fingerprint density at radius 3 is 3.05 bits per heavy atom. The minimum absolute atomic E-state index is 0.709. The number of nitrogens with one attached hydrogen (secondary N) is 1. The topological polar surface area (TPSA) is 29.9 Å². The van der Waals surface area contributed by atoms with Crippen molar-refractivity contribution in [3.63, 3.8) is 0 Å². The first-order valence-electron chi connectivity index (χ1n) is 7.22. The Labute approximate surface area is 128 Å². The Morgan fingerprint density at radius 2 is 2.30 bits per heavy atom. The second-order valence-corrected chi connectivity index (χ2v) is 6.48. The fourth-order valence-corrected chi connectivity index (χ4v) is 3.11. The molecular formula is C16H20BrN3. The number of hydrogen-bond acceptors (Lipinski definition) is 2. The molecule has 0 saturated carbocycles. The lowest BCUT2D eigenvalue weighted by Crippen LogP contribution is -2.32. The van der Waals surface area contributed by atoms with Crippen molar-refractivity contribution in [1.82, 2.24) is 15.1 Å². The zero-order valence-electron chi connectivity index (χ0n) is 11.8. The van der Waals surface area contributed by atoms with Gasteiger partial charge in [-0.2, -0.15) is 5.10 Å². The van der Waals surface area contributed by atoms with Crippen LogP contribution in [0.5, 0.6) is 0 Å². The predicted molar refractivity (Wildman–Crippen MR) is 85.7 cm³/mol. The van der Waals surface area contributed by atoms with Crippen LogP contribution in [0.2, 0.25) is 0 Å². The number of aromatic nitrogens is 2. The van der Waals surface area contributed by atoms with E-state index < -0.39 is 0 Å². The number of nitrogens with zero attached hydrogens (tertiary/aromatic N) is 2. The van der Waals surface area contributed by atoms with E-state index in [2.05, 4.69) is 62.3 Å². The second-order valence-electron chi connectivity index (χ2n) is 5.63. The SMILES string of the molecule is Cc1ccc(-c2cnn(CC3CCCNC3)c2)cc1Br. The quantitative estimate of drug-likeness (QED) is 0.929. The standard InChI is InChI=1S/C16H20BrN3/c1-12-4-5-14(7-16(12)17)15-9-19-20(11-15)10-13-3-2-6-18-8-13/h4-5,7,9,11,13,18H,2-3,6,8,10H2,1H3. The van der Waals surface area contributed by atoms with Crippen molar-refractivity contribution in [2.24, 2.45) is 5.92 Å². The van der Waals surface area contributed by atoms with Crippen molar-refractivity contribution in [2.75, 3.05) is 13.1 Å². The highest BCUT2D eigenvalue weighted by atomic mass is 79.9. The van der Waals surface area contributed by atoms with Gasteiger partial charge in [-0.3, -0.25) is 4.68 Å². The summed E-state index contributed by atoms with van der Waals surface area (Å²) >= 11 is 3.59. The van der Waals surface area contributed by atoms with Gasteiger partial charge in [0, 0.05) is 22.8 Å². The third-order valence-corrected chi connectivity index (χ3v) is 4.84. The fourth-order valence-electron chi connectivity index (χ4n) is 2.73. The van der Waals surface area contributed by atoms with Crippen molar-refractivity contribution in [1.29, 1.82) is 0 Å². The molecule has 2 heterocycles. The van der Waals surface area contributed by atoms with E-state index in [1.54, 1.807) is 0 Å². The molecule has 0 aliphatic carbocycles. The van der Waals surface area contributed by atoms with Crippen LogP contribution < -0.4 is 5.32 Å². The number of rotatable bonds is 3. The van der Waals surface area contributed by atoms with Gasteiger partial charge < -0.3 is 5.32 Å². The van der Waals surface area contributed by atoms with Crippen molar-refractivity contribution >= 4 is 15.9 Å². The summed E-state index contributed by atoms with van der Waals surface area (Å²) < 4.78 is 3.24. The van der Waals surface area contributed by atoms with Gasteiger partial charge in [-0.05, 0) is 56.0 Å². The molecule has 3 rings (SSSR count). The average Bonchev–Trinajstić information content (AvgIpc) is 2.91. The molecule has 3 nitrogen and oxygen atoms in total. The first-order chi connectivity index (χ1) is 9.72. The van der Waals surface area contributed by atoms with E-state index in [0.717, 1.165) is 24.1 Å². The maximum absolute atomic E-state index is 4.51. The van der Waals surface area contributed by atoms with Crippen molar-refractivity contribution in [3.05, 3.63) is 40.6 Å². The third kappa shape index (κ3) is 3.13. The van der Waals surface area contributed by atoms with Gasteiger partial charge in [0.05, 0.1) is 6.20 Å². The number of aryl methyl sites for hydroxylation is 1. The summed E-state index contributed by atoms with van der Waals surface area (Å²) in [5.74, 6) is 0.709. The molecule has 1 fully saturated rings. The average molecular weight is 334 g/mol. The maximum atomic E-state index is 4.51. The highest BCUT2D eigenvalue weighted by Crippen LogP contribution is 2.25. The van der Waals surface area contributed by atoms with Gasteiger partial charge in [-0.1, -0.05) is 28.1 Å². The zero-order chi connectivity index (χ0) is 13.9. The van der Waals surface area contributed by atoms with Crippen molar-refractivity contribution in [2.45, 2.75) is 26.3 Å². The van der Waals surface area contributed by atoms with Crippen LogP contribution in [-0.4, -0.2) is 22.9 Å². The summed E-state index contributed by atoms with van der Waals surface area (Å²) in [6.07, 6.45) is 6.71. The molecule has 0 bridgehead atoms. The Balaban J connectivity index is 1.73. The minimum Gasteiger partial charge on any atom is -0.316 e. The van der Waals surface area contributed by atoms with Crippen molar-refractivity contribution in [3.8, 4) is 11.1 Å². The second kappa shape index (κ2) is 6.10. The van der Waals surface area contributed by atoms with E-state index in [4.69, 9.17) is 0 Å². The van der Waals surface area contributed by atoms with Crippen LogP contribution in [0, 0.1) is 12.8 Å². The van der Waals surface area contributed by atoms with E-state index in [0.29, 0.717) is 5.92 Å². The molecule has 1 unspecified atom stereocenters. The molecular weight excluding hydrogens is 314 g/mol. The maximum Gasteiger partial charge on any atom is 0.0568 e. The lowest BCUT2D eigenvalue weighted by molar-refractivity contribution is 0.325. The molecule has 1 aromatic carbocycles. The fraction of sp³-hybridized carbons (Fsp3) is 0.438. The molecule has 20 heavy (non-hydrogen) atoms. The number of hydrogen-bond donors (Lipinski definition) is 1. The van der Waals surface area contributed by atoms with E-state index in [1.807, 2.05) is 6.20 Å². The molecule has 1 N–H and O–H groups in total. The number of benzene rings is 1. The van der Waals surface area contributed by atoms with Crippen LogP contribution in [0.3, 0.4) is 0 Å². The molecule has 0 amide bonds. The van der Waals surface area contributed by atoms with Gasteiger partial charge in [0.2, 0.25) is 0 Å². The van der Waals surface area contributed by atoms with Gasteiger partial charge >= 0.3 is 0 Å². The number of halogens is 1. The predicted octanol–water partition coefficient (Wildman–Crippen LogP) is 3.62. The van der Waals surface area contributed by atoms with Crippen LogP contribution >= 0.6 is 15.9 Å². The van der Waals surface area contributed by atoms with Crippen LogP contribution in [-0.2, 0) is 6.54 Å². The van der Waals surface area contributed by atoms with E-state index in [1.165, 1.54) is 29.5 Å². The summed E-state index contributed by atoms with van der Waals surface area (Å²) in [6, 6.07) is 6.46. The van der Waals surface area contributed by atoms with Gasteiger partial charge in [-0.25, -0.2) is 0 Å². The molecule has 0 spiro atoms. The Hall–Kier alpha value is -1.13. The van der Waals surface area contributed by atoms with E-state index in [-0.39, 0.29) is 0 Å². The van der Waals surface area contributed by atoms with Crippen LogP contribution in [0.4, 0.5) is 0 Å². The Morgan fingerprint density at radius 1 is 1.40 bits per heavy atom. The van der Waals surface area contributed by atoms with Crippen molar-refractivity contribution < 1.29 is 0 Å². The summed E-state index contributed by atoms with van der Waals surface area (Å²) in [5, 5.41) is 7.97. The molecule has 1 atom stereocenters. The summed E-state index contributed by atoms with van der Waals surface area (Å²) in [5.41, 5.74) is 3.67. The van der Waals surface area contributed by atoms with Gasteiger partial charge in [0.25, 0.3) is 0 Å². The molecule has 4 heteroatoms. The highest BCUT2D eigenvalue weighted by molar-refractivity contribution is 9.10. The summed E-state index contributed by atoms with van der Waals surface area (Å²) in [7, 11) is 0. The minimum atomic E-state index is 0.709. The lowest BCUT2D eigenvalue weighted by atomic mass is 10.00. The molecule has 1 saturated heterocycles. The van der Waals surface area contributed by atoms with Gasteiger partial charge in [-0.15, -0.1) is 0 Å². The smallest absolute Gasteiger partial charge is 0.0568 e. The Kier molecular flexibility index (Phi) is 4.22. The third-order valence-electron chi connectivity index (χ3n) is 3.98. The van der Waals surface area contributed by atoms with Crippen LogP contribution in [0.1, 0.15) is 18.4 Å². The van der Waals surface area contributed by atoms with Crippen LogP contribution in [0.15, 0.2) is 35.1 Å². The summed E-state index contributed by atoms with van der Waals surface area (Å²) in [4.78, 5) is 0. The first kappa shape index (κ1) is 13.8. The molecule has 1 aromatic heterocycles. The molecule has 0 radical (unpaired) electrons. The van der Waals surface area contributed by atoms with Crippen LogP contribution in [0.25, 0.3) is 11.1 Å². The molecule has 1 aliphatic heterocycles. The van der Waals surface area contributed by atoms with E-state index in [9.17, 15) is 0 Å². The van der Waals surface area contributed by atoms with Gasteiger partial charge in [0.15, 0.2) is 0 Å². The monoisotopic (exact) mass is 333 g/mol. The van der Waals surface area contributed by atoms with Gasteiger partial charge in [0.1, 0.15) is 0 Å². The normalized spacial score (nSPS) is 19.2. The van der Waals surface area contributed by atoms with E-state index >= 15 is 0 Å². The summed E-state index contributed by atoms with van der Waals surface area (Å²) in [6.45, 7) is 5.40. The lowest BCUT2D eigenvalue weighted by Gasteiger charge is -2.22. The number of piperidine rings is 1. The molecule has 2 aromatic rings. The Bertz CT molecular complexity index is 585. The zero-order valence-corrected chi connectivity index (χ0v) is 13.4. The molecule has 106 valence electrons. The largest absolute Gasteiger partial charge is 0.316 e.